The lowest BCUT2D eigenvalue weighted by atomic mass is 10.00. The molecule has 636 valence electrons. The van der Waals surface area contributed by atoms with Crippen molar-refractivity contribution in [2.24, 2.45) is 23.7 Å². The number of hydrogen-bond acceptors (Lipinski definition) is 15. The van der Waals surface area contributed by atoms with Crippen LogP contribution in [0.4, 0.5) is 0 Å². The van der Waals surface area contributed by atoms with Gasteiger partial charge in [-0.25, -0.2) is 9.13 Å². The van der Waals surface area contributed by atoms with Crippen molar-refractivity contribution >= 4 is 39.5 Å². The van der Waals surface area contributed by atoms with Crippen molar-refractivity contribution in [2.45, 2.75) is 478 Å². The van der Waals surface area contributed by atoms with E-state index in [1.807, 2.05) is 0 Å². The topological polar surface area (TPSA) is 237 Å². The van der Waals surface area contributed by atoms with E-state index in [4.69, 9.17) is 37.0 Å². The normalized spacial score (nSPS) is 14.1. The van der Waals surface area contributed by atoms with Gasteiger partial charge in [0.15, 0.2) is 12.2 Å². The van der Waals surface area contributed by atoms with Gasteiger partial charge in [0.1, 0.15) is 19.3 Å². The van der Waals surface area contributed by atoms with E-state index in [9.17, 15) is 43.2 Å². The first-order chi connectivity index (χ1) is 51.6. The molecular weight excluding hydrogens is 1390 g/mol. The smallest absolute Gasteiger partial charge is 0.462 e. The van der Waals surface area contributed by atoms with Gasteiger partial charge in [0.2, 0.25) is 0 Å². The number of carbonyl (C=O) groups is 4. The standard InChI is InChI=1S/C88H172O17P2/c1-9-81(8)67-59-51-46-47-53-61-69-86(91)99-75-84(105-88(93)71-63-55-45-39-33-27-21-20-24-30-36-42-50-58-66-80(6)7)77-103-107(96,97)101-73-82(89)72-100-106(94,95)102-76-83(74-98-85(90)68-60-52-43-37-31-25-18-15-14-17-23-29-35-41-49-57-65-79(4)5)104-87(92)70-62-54-44-38-32-26-19-13-11-10-12-16-22-28-34-40-48-56-64-78(2)3/h78-84,89H,9-77H2,1-8H3,(H,94,95)(H,96,97)/t81?,82-,83-,84-/m1/s1. The van der Waals surface area contributed by atoms with Crippen LogP contribution in [0, 0.1) is 23.7 Å². The largest absolute Gasteiger partial charge is 0.472 e. The Kier molecular flexibility index (Phi) is 75.3. The monoisotopic (exact) mass is 1560 g/mol. The van der Waals surface area contributed by atoms with Crippen LogP contribution in [0.15, 0.2) is 0 Å². The van der Waals surface area contributed by atoms with Gasteiger partial charge in [-0.05, 0) is 49.4 Å². The highest BCUT2D eigenvalue weighted by atomic mass is 31.2. The third kappa shape index (κ3) is 80.5. The molecule has 0 aliphatic carbocycles. The predicted octanol–water partition coefficient (Wildman–Crippen LogP) is 26.7. The maximum Gasteiger partial charge on any atom is 0.472 e. The van der Waals surface area contributed by atoms with E-state index in [2.05, 4.69) is 55.4 Å². The Hall–Kier alpha value is -1.94. The zero-order valence-corrected chi connectivity index (χ0v) is 72.6. The number of phosphoric acid groups is 2. The first-order valence-electron chi connectivity index (χ1n) is 45.2. The lowest BCUT2D eigenvalue weighted by molar-refractivity contribution is -0.161. The first kappa shape index (κ1) is 105. The van der Waals surface area contributed by atoms with Gasteiger partial charge in [-0.2, -0.15) is 0 Å². The van der Waals surface area contributed by atoms with Crippen molar-refractivity contribution in [2.75, 3.05) is 39.6 Å². The second-order valence-electron chi connectivity index (χ2n) is 33.3. The molecule has 0 bridgehead atoms. The van der Waals surface area contributed by atoms with E-state index >= 15 is 0 Å². The second-order valence-corrected chi connectivity index (χ2v) is 36.2. The lowest BCUT2D eigenvalue weighted by Gasteiger charge is -2.21. The molecule has 0 amide bonds. The fraction of sp³-hybridized carbons (Fsp3) is 0.955. The molecule has 0 fully saturated rings. The van der Waals surface area contributed by atoms with Crippen molar-refractivity contribution < 1.29 is 80.2 Å². The van der Waals surface area contributed by atoms with Crippen LogP contribution in [0.5, 0.6) is 0 Å². The quantitative estimate of drug-likeness (QED) is 0.0222. The molecule has 3 unspecified atom stereocenters. The highest BCUT2D eigenvalue weighted by Gasteiger charge is 2.31. The van der Waals surface area contributed by atoms with E-state index in [-0.39, 0.29) is 25.7 Å². The average Bonchev–Trinajstić information content (AvgIpc) is 0.900. The van der Waals surface area contributed by atoms with Gasteiger partial charge in [-0.15, -0.1) is 0 Å². The van der Waals surface area contributed by atoms with Crippen LogP contribution in [0.1, 0.15) is 460 Å². The van der Waals surface area contributed by atoms with E-state index in [0.717, 1.165) is 120 Å². The van der Waals surface area contributed by atoms with Gasteiger partial charge in [0.05, 0.1) is 26.4 Å². The van der Waals surface area contributed by atoms with Crippen molar-refractivity contribution in [1.29, 1.82) is 0 Å². The van der Waals surface area contributed by atoms with Gasteiger partial charge in [-0.3, -0.25) is 37.3 Å². The summed E-state index contributed by atoms with van der Waals surface area (Å²) >= 11 is 0. The zero-order chi connectivity index (χ0) is 78.8. The van der Waals surface area contributed by atoms with Crippen molar-refractivity contribution in [3.63, 3.8) is 0 Å². The Morgan fingerprint density at radius 2 is 0.449 bits per heavy atom. The van der Waals surface area contributed by atoms with Crippen molar-refractivity contribution in [1.82, 2.24) is 0 Å². The SMILES string of the molecule is CCC(C)CCCCCCCCC(=O)OC[C@H](COP(=O)(O)OC[C@H](O)COP(=O)(O)OC[C@@H](COC(=O)CCCCCCCCCCCCCCCCCCC(C)C)OC(=O)CCCCCCCCCCCCCCCCCCCCC(C)C)OC(=O)CCCCCCCCCCCCCCCCC(C)C. The molecule has 6 atom stereocenters. The highest BCUT2D eigenvalue weighted by Crippen LogP contribution is 2.45. The van der Waals surface area contributed by atoms with Crippen molar-refractivity contribution in [3.05, 3.63) is 0 Å². The Labute approximate surface area is 658 Å². The number of hydrogen-bond donors (Lipinski definition) is 3. The Bertz CT molecular complexity index is 2080. The Morgan fingerprint density at radius 1 is 0.262 bits per heavy atom. The number of rotatable bonds is 85. The van der Waals surface area contributed by atoms with Gasteiger partial charge < -0.3 is 33.8 Å². The minimum atomic E-state index is -4.97. The molecule has 0 spiro atoms. The summed E-state index contributed by atoms with van der Waals surface area (Å²) in [5.41, 5.74) is 0. The van der Waals surface area contributed by atoms with E-state index in [1.54, 1.807) is 0 Å². The predicted molar refractivity (Wildman–Crippen MR) is 441 cm³/mol. The summed E-state index contributed by atoms with van der Waals surface area (Å²) in [5, 5.41) is 10.7. The van der Waals surface area contributed by atoms with Crippen LogP contribution in [0.3, 0.4) is 0 Å². The van der Waals surface area contributed by atoms with Crippen LogP contribution in [0.25, 0.3) is 0 Å². The Morgan fingerprint density at radius 3 is 0.664 bits per heavy atom. The fourth-order valence-electron chi connectivity index (χ4n) is 13.6. The summed E-state index contributed by atoms with van der Waals surface area (Å²) in [6.45, 7) is 14.3. The number of unbranched alkanes of at least 4 members (excludes halogenated alkanes) is 50. The maximum atomic E-state index is 13.2. The number of carbonyl (C=O) groups excluding carboxylic acids is 4. The molecule has 0 aliphatic rings. The van der Waals surface area contributed by atoms with Crippen LogP contribution in [-0.2, 0) is 65.4 Å². The third-order valence-electron chi connectivity index (χ3n) is 20.9. The molecule has 0 rings (SSSR count). The molecule has 0 saturated heterocycles. The van der Waals surface area contributed by atoms with Crippen LogP contribution < -0.4 is 0 Å². The number of phosphoric ester groups is 2. The number of ether oxygens (including phenoxy) is 4. The zero-order valence-electron chi connectivity index (χ0n) is 70.8. The molecule has 0 aromatic carbocycles. The summed E-state index contributed by atoms with van der Waals surface area (Å²) < 4.78 is 68.9. The lowest BCUT2D eigenvalue weighted by Crippen LogP contribution is -2.30. The summed E-state index contributed by atoms with van der Waals surface area (Å²) in [6.07, 6.45) is 66.7. The summed E-state index contributed by atoms with van der Waals surface area (Å²) in [6, 6.07) is 0. The fourth-order valence-corrected chi connectivity index (χ4v) is 15.2. The molecule has 3 N–H and O–H groups in total. The first-order valence-corrected chi connectivity index (χ1v) is 48.2. The molecule has 0 aromatic rings. The second kappa shape index (κ2) is 76.7. The third-order valence-corrected chi connectivity index (χ3v) is 22.8. The Balaban J connectivity index is 5.23. The van der Waals surface area contributed by atoms with Crippen LogP contribution >= 0.6 is 15.6 Å². The summed E-state index contributed by atoms with van der Waals surface area (Å²) in [7, 11) is -9.93. The number of esters is 4. The maximum absolute atomic E-state index is 13.2. The molecule has 0 radical (unpaired) electrons. The molecule has 0 aliphatic heterocycles. The number of aliphatic hydroxyl groups is 1. The molecular formula is C88H172O17P2. The van der Waals surface area contributed by atoms with Crippen molar-refractivity contribution in [3.8, 4) is 0 Å². The van der Waals surface area contributed by atoms with E-state index < -0.39 is 97.5 Å². The minimum Gasteiger partial charge on any atom is -0.462 e. The molecule has 0 saturated carbocycles. The molecule has 0 aromatic heterocycles. The highest BCUT2D eigenvalue weighted by molar-refractivity contribution is 7.47. The summed E-state index contributed by atoms with van der Waals surface area (Å²) in [5.74, 6) is 1.05. The molecule has 107 heavy (non-hydrogen) atoms. The average molecular weight is 1560 g/mol. The molecule has 19 heteroatoms. The van der Waals surface area contributed by atoms with Gasteiger partial charge in [0, 0.05) is 25.7 Å². The summed E-state index contributed by atoms with van der Waals surface area (Å²) in [4.78, 5) is 73.3. The van der Waals surface area contributed by atoms with E-state index in [1.165, 1.54) is 257 Å². The van der Waals surface area contributed by atoms with E-state index in [0.29, 0.717) is 25.7 Å². The van der Waals surface area contributed by atoms with Gasteiger partial charge >= 0.3 is 39.5 Å². The van der Waals surface area contributed by atoms with Gasteiger partial charge in [0.25, 0.3) is 0 Å². The van der Waals surface area contributed by atoms with Crippen LogP contribution in [0.2, 0.25) is 0 Å². The minimum absolute atomic E-state index is 0.107. The molecule has 17 nitrogen and oxygen atoms in total. The molecule has 0 heterocycles. The number of aliphatic hydroxyl groups excluding tert-OH is 1. The van der Waals surface area contributed by atoms with Crippen LogP contribution in [-0.4, -0.2) is 96.7 Å². The van der Waals surface area contributed by atoms with Gasteiger partial charge in [-0.1, -0.05) is 409 Å².